The summed E-state index contributed by atoms with van der Waals surface area (Å²) in [5, 5.41) is 11.8. The third-order valence-electron chi connectivity index (χ3n) is 4.96. The molecule has 4 heterocycles. The van der Waals surface area contributed by atoms with Crippen LogP contribution in [-0.2, 0) is 11.2 Å². The number of carbonyl (C=O) groups excluding carboxylic acids is 1. The van der Waals surface area contributed by atoms with Crippen LogP contribution in [0.3, 0.4) is 0 Å². The molecule has 2 amide bonds. The van der Waals surface area contributed by atoms with Crippen LogP contribution in [0.4, 0.5) is 4.79 Å². The van der Waals surface area contributed by atoms with Crippen molar-refractivity contribution in [2.45, 2.75) is 25.0 Å². The highest BCUT2D eigenvalue weighted by Crippen LogP contribution is 2.27. The highest BCUT2D eigenvalue weighted by Gasteiger charge is 2.47. The first-order valence-electron chi connectivity index (χ1n) is 8.69. The lowest BCUT2D eigenvalue weighted by Gasteiger charge is -2.42. The average molecular weight is 369 g/mol. The second kappa shape index (κ2) is 6.63. The van der Waals surface area contributed by atoms with Crippen molar-refractivity contribution in [2.24, 2.45) is 26.6 Å². The van der Waals surface area contributed by atoms with Gasteiger partial charge < -0.3 is 5.11 Å². The summed E-state index contributed by atoms with van der Waals surface area (Å²) >= 11 is 0. The third-order valence-corrected chi connectivity index (χ3v) is 4.96. The zero-order valence-electron chi connectivity index (χ0n) is 14.5. The van der Waals surface area contributed by atoms with Crippen LogP contribution in [0.2, 0.25) is 0 Å². The van der Waals surface area contributed by atoms with Crippen molar-refractivity contribution in [3.8, 4) is 0 Å². The maximum atomic E-state index is 11.8. The molecule has 1 fully saturated rings. The van der Waals surface area contributed by atoms with Crippen molar-refractivity contribution in [1.29, 1.82) is 0 Å². The van der Waals surface area contributed by atoms with E-state index in [0.717, 1.165) is 5.56 Å². The number of hydrogen-bond acceptors (Lipinski definition) is 7. The van der Waals surface area contributed by atoms with Crippen LogP contribution in [0.25, 0.3) is 0 Å². The summed E-state index contributed by atoms with van der Waals surface area (Å²) in [6.45, 7) is 0.884. The lowest BCUT2D eigenvalue weighted by Crippen LogP contribution is -2.65. The number of likely N-dealkylation sites (tertiary alicyclic amines) is 1. The van der Waals surface area contributed by atoms with Gasteiger partial charge in [-0.15, -0.1) is 0 Å². The molecule has 3 aliphatic heterocycles. The van der Waals surface area contributed by atoms with E-state index in [2.05, 4.69) is 25.3 Å². The Labute approximate surface area is 154 Å². The molecule has 0 spiro atoms. The van der Waals surface area contributed by atoms with Gasteiger partial charge in [-0.25, -0.2) is 14.8 Å². The number of nitrogens with zero attached hydrogens (tertiary/aromatic N) is 5. The summed E-state index contributed by atoms with van der Waals surface area (Å²) in [6.07, 6.45) is 4.73. The second-order valence-corrected chi connectivity index (χ2v) is 6.74. The molecule has 10 heteroatoms. The molecule has 0 saturated carbocycles. The maximum absolute atomic E-state index is 11.8. The van der Waals surface area contributed by atoms with Gasteiger partial charge in [-0.05, 0) is 24.5 Å². The van der Waals surface area contributed by atoms with Gasteiger partial charge in [0, 0.05) is 31.9 Å². The van der Waals surface area contributed by atoms with Crippen LogP contribution in [0.5, 0.6) is 0 Å². The van der Waals surface area contributed by atoms with Crippen molar-refractivity contribution < 1.29 is 14.7 Å². The van der Waals surface area contributed by atoms with Crippen molar-refractivity contribution in [2.75, 3.05) is 13.1 Å². The van der Waals surface area contributed by atoms with E-state index < -0.39 is 23.7 Å². The van der Waals surface area contributed by atoms with Gasteiger partial charge in [0.05, 0.1) is 5.92 Å². The Morgan fingerprint density at radius 2 is 2.15 bits per heavy atom. The number of aliphatic imine (C=N–C) groups is 3. The smallest absolute Gasteiger partial charge is 0.347 e. The number of rotatable bonds is 4. The van der Waals surface area contributed by atoms with Crippen LogP contribution in [0, 0.1) is 5.92 Å². The van der Waals surface area contributed by atoms with E-state index in [0.29, 0.717) is 44.0 Å². The van der Waals surface area contributed by atoms with E-state index in [9.17, 15) is 14.7 Å². The van der Waals surface area contributed by atoms with Gasteiger partial charge in [-0.3, -0.25) is 25.7 Å². The van der Waals surface area contributed by atoms with E-state index in [4.69, 9.17) is 5.73 Å². The molecule has 140 valence electrons. The average Bonchev–Trinajstić information content (AvgIpc) is 3.04. The van der Waals surface area contributed by atoms with E-state index in [1.807, 2.05) is 17.0 Å². The molecule has 1 saturated heterocycles. The van der Waals surface area contributed by atoms with E-state index >= 15 is 0 Å². The lowest BCUT2D eigenvalue weighted by molar-refractivity contribution is -0.143. The number of pyridine rings is 1. The number of piperidine rings is 1. The third kappa shape index (κ3) is 3.24. The van der Waals surface area contributed by atoms with Crippen LogP contribution in [0.15, 0.2) is 39.5 Å². The number of amidine groups is 2. The second-order valence-electron chi connectivity index (χ2n) is 6.74. The Hall–Kier alpha value is -2.98. The van der Waals surface area contributed by atoms with Gasteiger partial charge in [-0.2, -0.15) is 4.99 Å². The molecule has 0 radical (unpaired) electrons. The summed E-state index contributed by atoms with van der Waals surface area (Å²) in [5.74, 6) is -1.79. The van der Waals surface area contributed by atoms with Gasteiger partial charge in [-0.1, -0.05) is 6.07 Å². The fourth-order valence-electron chi connectivity index (χ4n) is 3.54. The van der Waals surface area contributed by atoms with Crippen LogP contribution in [0.1, 0.15) is 18.4 Å². The standard InChI is InChI=1S/C17H19N7O3/c18-17(24-6-3-11(4-7-24)15(25)26)13-14(22-16(27)21-13)20-12(23-17)8-10-2-1-5-19-9-10/h1-2,5,9,11H,3-4,6-8,18H2,(H,25,26)(H,20,22,23,27). The van der Waals surface area contributed by atoms with Crippen LogP contribution >= 0.6 is 0 Å². The summed E-state index contributed by atoms with van der Waals surface area (Å²) in [6, 6.07) is 3.20. The van der Waals surface area contributed by atoms with Crippen molar-refractivity contribution >= 4 is 29.4 Å². The number of amides is 2. The Bertz CT molecular complexity index is 872. The number of urea groups is 1. The van der Waals surface area contributed by atoms with E-state index in [1.165, 1.54) is 0 Å². The van der Waals surface area contributed by atoms with Crippen molar-refractivity contribution in [1.82, 2.24) is 15.2 Å². The molecule has 3 aliphatic rings. The molecule has 1 atom stereocenters. The molecule has 10 nitrogen and oxygen atoms in total. The first-order chi connectivity index (χ1) is 13.0. The topological polar surface area (TPSA) is 146 Å². The maximum Gasteiger partial charge on any atom is 0.347 e. The van der Waals surface area contributed by atoms with Crippen LogP contribution in [-0.4, -0.2) is 63.3 Å². The number of aromatic nitrogens is 1. The number of aliphatic carboxylic acids is 1. The predicted molar refractivity (Wildman–Crippen MR) is 97.6 cm³/mol. The number of carboxylic acid groups (broad SMARTS) is 1. The summed E-state index contributed by atoms with van der Waals surface area (Å²) in [5.41, 5.74) is 7.81. The fourth-order valence-corrected chi connectivity index (χ4v) is 3.54. The Balaban J connectivity index is 1.64. The Morgan fingerprint density at radius 1 is 1.37 bits per heavy atom. The predicted octanol–water partition coefficient (Wildman–Crippen LogP) is 0.00800. The molecule has 0 aliphatic carbocycles. The molecular weight excluding hydrogens is 350 g/mol. The highest BCUT2D eigenvalue weighted by atomic mass is 16.4. The number of carboxylic acids is 1. The zero-order valence-corrected chi connectivity index (χ0v) is 14.5. The number of nitrogens with two attached hydrogens (primary N) is 1. The molecular formula is C17H19N7O3. The largest absolute Gasteiger partial charge is 0.481 e. The first-order valence-corrected chi connectivity index (χ1v) is 8.69. The minimum atomic E-state index is -1.35. The molecule has 1 aromatic heterocycles. The summed E-state index contributed by atoms with van der Waals surface area (Å²) in [4.78, 5) is 41.9. The molecule has 4 N–H and O–H groups in total. The summed E-state index contributed by atoms with van der Waals surface area (Å²) in [7, 11) is 0. The lowest BCUT2D eigenvalue weighted by atomic mass is 9.95. The number of fused-ring (bicyclic) bond motifs is 1. The first kappa shape index (κ1) is 17.4. The van der Waals surface area contributed by atoms with E-state index in [-0.39, 0.29) is 5.71 Å². The monoisotopic (exact) mass is 369 g/mol. The molecule has 0 aromatic carbocycles. The number of nitrogens with one attached hydrogen (secondary N) is 1. The van der Waals surface area contributed by atoms with Gasteiger partial charge >= 0.3 is 12.0 Å². The number of hydrogen-bond donors (Lipinski definition) is 3. The minimum Gasteiger partial charge on any atom is -0.481 e. The summed E-state index contributed by atoms with van der Waals surface area (Å²) < 4.78 is 0. The fraction of sp³-hybridized carbons (Fsp3) is 0.412. The Kier molecular flexibility index (Phi) is 4.28. The van der Waals surface area contributed by atoms with Crippen LogP contribution < -0.4 is 11.1 Å². The highest BCUT2D eigenvalue weighted by molar-refractivity contribution is 6.53. The molecule has 1 unspecified atom stereocenters. The van der Waals surface area contributed by atoms with Crippen molar-refractivity contribution in [3.05, 3.63) is 30.1 Å². The van der Waals surface area contributed by atoms with Gasteiger partial charge in [0.15, 0.2) is 5.84 Å². The zero-order chi connectivity index (χ0) is 19.0. The molecule has 27 heavy (non-hydrogen) atoms. The minimum absolute atomic E-state index is 0.274. The number of carbonyl (C=O) groups is 2. The Morgan fingerprint density at radius 3 is 2.81 bits per heavy atom. The van der Waals surface area contributed by atoms with Gasteiger partial charge in [0.2, 0.25) is 5.79 Å². The van der Waals surface area contributed by atoms with Gasteiger partial charge in [0.1, 0.15) is 11.5 Å². The molecule has 1 aromatic rings. The molecule has 4 rings (SSSR count). The van der Waals surface area contributed by atoms with Gasteiger partial charge in [0.25, 0.3) is 0 Å². The SMILES string of the molecule is NC1(N2CCC(C(=O)O)CC2)N=C(Cc2cccnc2)N=C2NC(=O)N=C21. The van der Waals surface area contributed by atoms with E-state index in [1.54, 1.807) is 12.4 Å². The van der Waals surface area contributed by atoms with Crippen molar-refractivity contribution in [3.63, 3.8) is 0 Å². The quantitative estimate of drug-likeness (QED) is 0.681. The normalized spacial score (nSPS) is 26.0. The molecule has 0 bridgehead atoms.